The van der Waals surface area contributed by atoms with Crippen LogP contribution in [0.4, 0.5) is 0 Å². The van der Waals surface area contributed by atoms with Gasteiger partial charge in [0, 0.05) is 30.0 Å². The zero-order chi connectivity index (χ0) is 19.2. The lowest BCUT2D eigenvalue weighted by atomic mass is 9.72. The van der Waals surface area contributed by atoms with Gasteiger partial charge in [-0.05, 0) is 44.9 Å². The van der Waals surface area contributed by atoms with E-state index in [-0.39, 0.29) is 23.5 Å². The van der Waals surface area contributed by atoms with E-state index >= 15 is 0 Å². The number of hydrogen-bond donors (Lipinski definition) is 1. The van der Waals surface area contributed by atoms with E-state index in [2.05, 4.69) is 24.2 Å². The Bertz CT molecular complexity index is 627. The maximum atomic E-state index is 12.9. The predicted molar refractivity (Wildman–Crippen MR) is 102 cm³/mol. The first kappa shape index (κ1) is 20.7. The summed E-state index contributed by atoms with van der Waals surface area (Å²) in [6.45, 7) is 6.99. The average molecular weight is 363 g/mol. The summed E-state index contributed by atoms with van der Waals surface area (Å²) in [6.07, 6.45) is 9.13. The monoisotopic (exact) mass is 362 g/mol. The van der Waals surface area contributed by atoms with Crippen LogP contribution in [-0.2, 0) is 22.6 Å². The van der Waals surface area contributed by atoms with Gasteiger partial charge in [0.15, 0.2) is 5.78 Å². The Balaban J connectivity index is 2.20. The van der Waals surface area contributed by atoms with Crippen molar-refractivity contribution in [2.75, 3.05) is 6.54 Å². The summed E-state index contributed by atoms with van der Waals surface area (Å²) >= 11 is 0. The highest BCUT2D eigenvalue weighted by atomic mass is 16.1. The number of nitrogens with zero attached hydrogens (tertiary/aromatic N) is 3. The molecule has 6 nitrogen and oxygen atoms in total. The van der Waals surface area contributed by atoms with Gasteiger partial charge in [0.05, 0.1) is 12.2 Å². The first-order chi connectivity index (χ1) is 12.3. The molecule has 6 heteroatoms. The summed E-state index contributed by atoms with van der Waals surface area (Å²) < 4.78 is 1.89. The number of rotatable bonds is 3. The molecule has 2 N–H and O–H groups in total. The average Bonchev–Trinajstić information content (AvgIpc) is 3.09. The molecule has 1 aromatic heterocycles. The minimum absolute atomic E-state index is 0.0336. The van der Waals surface area contributed by atoms with Crippen LogP contribution in [0.3, 0.4) is 0 Å². The number of ketones is 2. The van der Waals surface area contributed by atoms with Gasteiger partial charge in [-0.15, -0.1) is 5.10 Å². The van der Waals surface area contributed by atoms with Gasteiger partial charge < -0.3 is 5.73 Å². The van der Waals surface area contributed by atoms with Crippen molar-refractivity contribution >= 4 is 11.6 Å². The molecule has 146 valence electrons. The molecule has 0 unspecified atom stereocenters. The van der Waals surface area contributed by atoms with Crippen molar-refractivity contribution in [3.63, 3.8) is 0 Å². The molecule has 26 heavy (non-hydrogen) atoms. The van der Waals surface area contributed by atoms with Crippen LogP contribution in [0.25, 0.3) is 0 Å². The highest BCUT2D eigenvalue weighted by Crippen LogP contribution is 2.36. The molecule has 1 aliphatic rings. The van der Waals surface area contributed by atoms with E-state index in [4.69, 9.17) is 5.73 Å². The third-order valence-corrected chi connectivity index (χ3v) is 6.33. The van der Waals surface area contributed by atoms with Crippen LogP contribution in [0.2, 0.25) is 0 Å². The Morgan fingerprint density at radius 1 is 1.19 bits per heavy atom. The number of aromatic nitrogens is 3. The molecule has 0 amide bonds. The number of carbonyl (C=O) groups is 2. The molecule has 0 aromatic carbocycles. The van der Waals surface area contributed by atoms with Crippen molar-refractivity contribution in [2.45, 2.75) is 85.1 Å². The van der Waals surface area contributed by atoms with Crippen LogP contribution in [0.1, 0.15) is 77.8 Å². The second-order valence-corrected chi connectivity index (χ2v) is 8.31. The van der Waals surface area contributed by atoms with Crippen LogP contribution in [-0.4, -0.2) is 33.1 Å². The van der Waals surface area contributed by atoms with Crippen LogP contribution in [0.15, 0.2) is 6.20 Å². The Kier molecular flexibility index (Phi) is 7.09. The Morgan fingerprint density at radius 2 is 1.96 bits per heavy atom. The molecule has 2 atom stereocenters. The van der Waals surface area contributed by atoms with Crippen LogP contribution in [0, 0.1) is 10.8 Å². The summed E-state index contributed by atoms with van der Waals surface area (Å²) in [4.78, 5) is 25.4. The maximum Gasteiger partial charge on any atom is 0.152 e. The van der Waals surface area contributed by atoms with Gasteiger partial charge in [0.25, 0.3) is 0 Å². The summed E-state index contributed by atoms with van der Waals surface area (Å²) in [7, 11) is 0. The van der Waals surface area contributed by atoms with Crippen molar-refractivity contribution in [1.29, 1.82) is 0 Å². The van der Waals surface area contributed by atoms with Crippen LogP contribution >= 0.6 is 0 Å². The molecule has 0 aliphatic carbocycles. The largest absolute Gasteiger partial charge is 0.324 e. The van der Waals surface area contributed by atoms with Gasteiger partial charge in [0.1, 0.15) is 5.78 Å². The van der Waals surface area contributed by atoms with E-state index in [9.17, 15) is 9.59 Å². The lowest BCUT2D eigenvalue weighted by Gasteiger charge is -2.31. The SMILES string of the molecule is CC[C@@]1(C)CCCCn2cc(nn2)CCC[C@@](C)(C(=O)CN)CCC1=O. The molecule has 2 heterocycles. The van der Waals surface area contributed by atoms with Crippen LogP contribution in [0.5, 0.6) is 0 Å². The number of carbonyl (C=O) groups excluding carboxylic acids is 2. The van der Waals surface area contributed by atoms with E-state index in [1.54, 1.807) is 0 Å². The topological polar surface area (TPSA) is 90.9 Å². The summed E-state index contributed by atoms with van der Waals surface area (Å²) in [5.74, 6) is 0.338. The third-order valence-electron chi connectivity index (χ3n) is 6.33. The molecule has 0 spiro atoms. The van der Waals surface area contributed by atoms with Crippen molar-refractivity contribution in [1.82, 2.24) is 15.0 Å². The third kappa shape index (κ3) is 5.00. The fourth-order valence-corrected chi connectivity index (χ4v) is 3.87. The highest BCUT2D eigenvalue weighted by Gasteiger charge is 2.36. The Labute approximate surface area is 156 Å². The number of hydrogen-bond acceptors (Lipinski definition) is 5. The predicted octanol–water partition coefficient (Wildman–Crippen LogP) is 3.08. The zero-order valence-corrected chi connectivity index (χ0v) is 16.6. The summed E-state index contributed by atoms with van der Waals surface area (Å²) in [5.41, 5.74) is 5.79. The minimum atomic E-state index is -0.533. The molecular weight excluding hydrogens is 328 g/mol. The molecule has 0 saturated heterocycles. The van der Waals surface area contributed by atoms with E-state index < -0.39 is 5.41 Å². The smallest absolute Gasteiger partial charge is 0.152 e. The quantitative estimate of drug-likeness (QED) is 0.892. The standard InChI is InChI=1S/C20H34N4O2/c1-4-19(2)10-5-6-13-24-15-16(22-23-24)8-7-11-20(3,18(26)14-21)12-9-17(19)25/h15H,4-14,21H2,1-3H3/t19-,20+/m0/s1. The van der Waals surface area contributed by atoms with E-state index in [1.165, 1.54) is 0 Å². The van der Waals surface area contributed by atoms with E-state index in [1.807, 2.05) is 17.8 Å². The van der Waals surface area contributed by atoms with Crippen molar-refractivity contribution < 1.29 is 9.59 Å². The van der Waals surface area contributed by atoms with Crippen LogP contribution < -0.4 is 5.73 Å². The van der Waals surface area contributed by atoms with Gasteiger partial charge in [-0.2, -0.15) is 0 Å². The number of aryl methyl sites for hydroxylation is 2. The maximum absolute atomic E-state index is 12.9. The Hall–Kier alpha value is -1.56. The van der Waals surface area contributed by atoms with E-state index in [0.717, 1.165) is 57.2 Å². The van der Waals surface area contributed by atoms with Gasteiger partial charge >= 0.3 is 0 Å². The number of fused-ring (bicyclic) bond motifs is 2. The lowest BCUT2D eigenvalue weighted by Crippen LogP contribution is -2.36. The summed E-state index contributed by atoms with van der Waals surface area (Å²) in [6, 6.07) is 0. The Morgan fingerprint density at radius 3 is 2.65 bits per heavy atom. The molecule has 1 aromatic rings. The number of Topliss-reactive ketones (excluding diaryl/α,β-unsaturated/α-hetero) is 2. The second-order valence-electron chi connectivity index (χ2n) is 8.31. The highest BCUT2D eigenvalue weighted by molar-refractivity contribution is 5.88. The van der Waals surface area contributed by atoms with Crippen molar-refractivity contribution in [3.8, 4) is 0 Å². The summed E-state index contributed by atoms with van der Waals surface area (Å²) in [5, 5.41) is 8.44. The van der Waals surface area contributed by atoms with Gasteiger partial charge in [0.2, 0.25) is 0 Å². The van der Waals surface area contributed by atoms with Gasteiger partial charge in [-0.1, -0.05) is 32.4 Å². The van der Waals surface area contributed by atoms with E-state index in [0.29, 0.717) is 12.8 Å². The second kappa shape index (κ2) is 8.89. The fraction of sp³-hybridized carbons (Fsp3) is 0.800. The number of nitrogens with two attached hydrogens (primary N) is 1. The first-order valence-electron chi connectivity index (χ1n) is 9.99. The first-order valence-corrected chi connectivity index (χ1v) is 9.99. The molecule has 2 bridgehead atoms. The van der Waals surface area contributed by atoms with Crippen molar-refractivity contribution in [2.24, 2.45) is 16.6 Å². The molecule has 1 aliphatic heterocycles. The zero-order valence-electron chi connectivity index (χ0n) is 16.6. The lowest BCUT2D eigenvalue weighted by molar-refractivity contribution is -0.131. The normalized spacial score (nSPS) is 29.0. The minimum Gasteiger partial charge on any atom is -0.324 e. The molecular formula is C20H34N4O2. The molecule has 0 radical (unpaired) electrons. The van der Waals surface area contributed by atoms with Crippen molar-refractivity contribution in [3.05, 3.63) is 11.9 Å². The van der Waals surface area contributed by atoms with Gasteiger partial charge in [-0.25, -0.2) is 0 Å². The van der Waals surface area contributed by atoms with Gasteiger partial charge in [-0.3, -0.25) is 14.3 Å². The molecule has 0 fully saturated rings. The molecule has 2 rings (SSSR count). The molecule has 0 saturated carbocycles. The fourth-order valence-electron chi connectivity index (χ4n) is 3.87.